The molecule has 4 rings (SSSR count). The van der Waals surface area contributed by atoms with Crippen molar-refractivity contribution in [3.8, 4) is 5.69 Å². The summed E-state index contributed by atoms with van der Waals surface area (Å²) in [6.07, 6.45) is 5.46. The van der Waals surface area contributed by atoms with Crippen LogP contribution in [0.15, 0.2) is 79.1 Å². The first-order valence-electron chi connectivity index (χ1n) is 12.9. The number of anilines is 2. The number of halogens is 2. The molecule has 41 heavy (non-hydrogen) atoms. The molecular formula is C29H29ClFN7O3. The van der Waals surface area contributed by atoms with Crippen molar-refractivity contribution in [2.24, 2.45) is 0 Å². The number of hydrogen-bond donors (Lipinski definition) is 4. The van der Waals surface area contributed by atoms with E-state index in [4.69, 9.17) is 16.7 Å². The second-order valence-electron chi connectivity index (χ2n) is 9.19. The van der Waals surface area contributed by atoms with E-state index in [1.54, 1.807) is 36.4 Å². The maximum atomic E-state index is 14.6. The third kappa shape index (κ3) is 9.14. The number of carbonyl (C=O) groups excluding carboxylic acids is 1. The van der Waals surface area contributed by atoms with E-state index in [1.807, 2.05) is 30.3 Å². The molecule has 212 valence electrons. The maximum Gasteiger partial charge on any atom is 0.303 e. The lowest BCUT2D eigenvalue weighted by Gasteiger charge is -2.20. The number of carboxylic acid groups (broad SMARTS) is 1. The first-order chi connectivity index (χ1) is 19.9. The summed E-state index contributed by atoms with van der Waals surface area (Å²) in [6.45, 7) is 0.688. The number of rotatable bonds is 14. The lowest BCUT2D eigenvalue weighted by atomic mass is 10.1. The molecule has 0 spiro atoms. The van der Waals surface area contributed by atoms with Gasteiger partial charge in [-0.05, 0) is 71.3 Å². The number of nitrogens with one attached hydrogen (secondary N) is 3. The fourth-order valence-electron chi connectivity index (χ4n) is 4.10. The second-order valence-corrected chi connectivity index (χ2v) is 9.62. The van der Waals surface area contributed by atoms with Gasteiger partial charge in [0.2, 0.25) is 5.91 Å². The summed E-state index contributed by atoms with van der Waals surface area (Å²) in [5.41, 5.74) is 3.19. The average molecular weight is 578 g/mol. The van der Waals surface area contributed by atoms with Crippen molar-refractivity contribution in [2.75, 3.05) is 23.7 Å². The van der Waals surface area contributed by atoms with E-state index in [-0.39, 0.29) is 18.4 Å². The third-order valence-corrected chi connectivity index (χ3v) is 6.31. The lowest BCUT2D eigenvalue weighted by Crippen LogP contribution is -2.40. The summed E-state index contributed by atoms with van der Waals surface area (Å²) in [7, 11) is 0. The minimum absolute atomic E-state index is 0.0114. The Labute approximate surface area is 241 Å². The molecule has 0 radical (unpaired) electrons. The number of amides is 1. The van der Waals surface area contributed by atoms with Gasteiger partial charge in [-0.15, -0.1) is 5.10 Å². The zero-order chi connectivity index (χ0) is 29.0. The molecule has 0 saturated heterocycles. The van der Waals surface area contributed by atoms with Crippen molar-refractivity contribution < 1.29 is 19.1 Å². The van der Waals surface area contributed by atoms with Crippen molar-refractivity contribution in [1.29, 1.82) is 0 Å². The van der Waals surface area contributed by atoms with Crippen LogP contribution >= 0.6 is 11.6 Å². The fourth-order valence-corrected chi connectivity index (χ4v) is 4.28. The molecule has 1 aromatic heterocycles. The Morgan fingerprint density at radius 3 is 2.63 bits per heavy atom. The normalized spacial score (nSPS) is 11.8. The Kier molecular flexibility index (Phi) is 10.4. The number of aromatic nitrogens is 4. The van der Waals surface area contributed by atoms with Crippen molar-refractivity contribution in [3.63, 3.8) is 0 Å². The van der Waals surface area contributed by atoms with Crippen molar-refractivity contribution in [1.82, 2.24) is 25.5 Å². The summed E-state index contributed by atoms with van der Waals surface area (Å²) >= 11 is 6.18. The van der Waals surface area contributed by atoms with Gasteiger partial charge in [-0.25, -0.2) is 4.39 Å². The topological polar surface area (TPSA) is 134 Å². The van der Waals surface area contributed by atoms with Crippen LogP contribution in [0, 0.1) is 5.82 Å². The highest BCUT2D eigenvalue weighted by Crippen LogP contribution is 2.21. The molecule has 1 unspecified atom stereocenters. The molecule has 4 N–H and O–H groups in total. The highest BCUT2D eigenvalue weighted by atomic mass is 35.5. The first-order valence-corrected chi connectivity index (χ1v) is 13.3. The van der Waals surface area contributed by atoms with Gasteiger partial charge in [-0.1, -0.05) is 41.9 Å². The molecule has 3 aromatic carbocycles. The standard InChI is InChI=1S/C29H29ClFN7O3/c30-22-9-12-27(38-19-34-36-37-38)21(16-22)8-13-28(39)35-24(15-20-5-2-1-3-6-20)18-33-23-10-11-26(25(31)17-23)32-14-4-7-29(40)41/h1-3,5-6,8-13,16-17,19,24,32-33H,4,7,14-15,18H2,(H,35,39)(H,40,41)/b13-8+. The predicted molar refractivity (Wildman–Crippen MR) is 156 cm³/mol. The van der Waals surface area contributed by atoms with Crippen LogP contribution in [-0.4, -0.2) is 56.3 Å². The SMILES string of the molecule is O=C(O)CCCNc1ccc(NCC(Cc2ccccc2)NC(=O)/C=C/c2cc(Cl)ccc2-n2cnnn2)cc1F. The van der Waals surface area contributed by atoms with Crippen LogP contribution in [0.2, 0.25) is 5.02 Å². The first kappa shape index (κ1) is 29.2. The summed E-state index contributed by atoms with van der Waals surface area (Å²) < 4.78 is 16.1. The number of hydrogen-bond acceptors (Lipinski definition) is 7. The van der Waals surface area contributed by atoms with E-state index in [0.29, 0.717) is 53.6 Å². The van der Waals surface area contributed by atoms with E-state index in [2.05, 4.69) is 31.5 Å². The van der Waals surface area contributed by atoms with E-state index < -0.39 is 11.8 Å². The smallest absolute Gasteiger partial charge is 0.303 e. The molecular weight excluding hydrogens is 549 g/mol. The van der Waals surface area contributed by atoms with E-state index >= 15 is 0 Å². The molecule has 0 fully saturated rings. The Bertz CT molecular complexity index is 1480. The minimum Gasteiger partial charge on any atom is -0.481 e. The minimum atomic E-state index is -0.891. The van der Waals surface area contributed by atoms with Crippen LogP contribution < -0.4 is 16.0 Å². The number of carboxylic acids is 1. The van der Waals surface area contributed by atoms with Crippen LogP contribution in [0.1, 0.15) is 24.0 Å². The Hall–Kier alpha value is -4.77. The molecule has 0 aliphatic carbocycles. The molecule has 1 amide bonds. The number of nitrogens with zero attached hydrogens (tertiary/aromatic N) is 4. The molecule has 4 aromatic rings. The second kappa shape index (κ2) is 14.6. The molecule has 10 nitrogen and oxygen atoms in total. The van der Waals surface area contributed by atoms with Gasteiger partial charge in [0.15, 0.2) is 0 Å². The zero-order valence-corrected chi connectivity index (χ0v) is 22.8. The van der Waals surface area contributed by atoms with Crippen LogP contribution in [0.3, 0.4) is 0 Å². The van der Waals surface area contributed by atoms with Crippen LogP contribution in [-0.2, 0) is 16.0 Å². The van der Waals surface area contributed by atoms with Gasteiger partial charge in [0.05, 0.1) is 17.4 Å². The summed E-state index contributed by atoms with van der Waals surface area (Å²) in [6, 6.07) is 19.3. The number of aliphatic carboxylic acids is 1. The molecule has 0 saturated carbocycles. The predicted octanol–water partition coefficient (Wildman–Crippen LogP) is 4.58. The fraction of sp³-hybridized carbons (Fsp3) is 0.207. The average Bonchev–Trinajstić information content (AvgIpc) is 3.49. The molecule has 1 heterocycles. The van der Waals surface area contributed by atoms with Crippen LogP contribution in [0.5, 0.6) is 0 Å². The Balaban J connectivity index is 1.41. The number of tetrazole rings is 1. The van der Waals surface area contributed by atoms with Gasteiger partial charge < -0.3 is 21.1 Å². The number of benzene rings is 3. The van der Waals surface area contributed by atoms with Crippen LogP contribution in [0.4, 0.5) is 15.8 Å². The summed E-state index contributed by atoms with van der Waals surface area (Å²) in [5.74, 6) is -1.67. The molecule has 1 atom stereocenters. The van der Waals surface area contributed by atoms with Gasteiger partial charge in [0.25, 0.3) is 0 Å². The van der Waals surface area contributed by atoms with E-state index in [1.165, 1.54) is 23.2 Å². The molecule has 0 aliphatic heterocycles. The van der Waals surface area contributed by atoms with E-state index in [9.17, 15) is 14.0 Å². The highest BCUT2D eigenvalue weighted by Gasteiger charge is 2.13. The van der Waals surface area contributed by atoms with Gasteiger partial charge in [0, 0.05) is 41.9 Å². The molecule has 12 heteroatoms. The summed E-state index contributed by atoms with van der Waals surface area (Å²) in [4.78, 5) is 23.6. The molecule has 0 bridgehead atoms. The largest absolute Gasteiger partial charge is 0.481 e. The van der Waals surface area contributed by atoms with Gasteiger partial charge >= 0.3 is 5.97 Å². The number of carbonyl (C=O) groups is 2. The van der Waals surface area contributed by atoms with Gasteiger partial charge in [-0.2, -0.15) is 4.68 Å². The van der Waals surface area contributed by atoms with Crippen molar-refractivity contribution in [2.45, 2.75) is 25.3 Å². The zero-order valence-electron chi connectivity index (χ0n) is 22.0. The summed E-state index contributed by atoms with van der Waals surface area (Å²) in [5, 5.41) is 29.6. The lowest BCUT2D eigenvalue weighted by molar-refractivity contribution is -0.137. The van der Waals surface area contributed by atoms with Crippen molar-refractivity contribution in [3.05, 3.63) is 101 Å². The third-order valence-electron chi connectivity index (χ3n) is 6.08. The maximum absolute atomic E-state index is 14.6. The Morgan fingerprint density at radius 2 is 1.90 bits per heavy atom. The van der Waals surface area contributed by atoms with E-state index in [0.717, 1.165) is 5.56 Å². The van der Waals surface area contributed by atoms with Gasteiger partial charge in [0.1, 0.15) is 12.1 Å². The van der Waals surface area contributed by atoms with Gasteiger partial charge in [-0.3, -0.25) is 9.59 Å². The van der Waals surface area contributed by atoms with Crippen molar-refractivity contribution >= 4 is 40.9 Å². The van der Waals surface area contributed by atoms with Crippen LogP contribution in [0.25, 0.3) is 11.8 Å². The highest BCUT2D eigenvalue weighted by molar-refractivity contribution is 6.30. The quantitative estimate of drug-likeness (QED) is 0.126. The molecule has 0 aliphatic rings. The Morgan fingerprint density at radius 1 is 1.07 bits per heavy atom. The monoisotopic (exact) mass is 577 g/mol.